The molecular formula is C24H32Cl2F2N2O4. The SMILES string of the molecule is O=C(COc1ccc(Cl)c(F)c1)NCC1CCC(NCC(O)COc2ccc(Cl)c(F)c2)CC1.[HH].[HH]. The Morgan fingerprint density at radius 2 is 1.62 bits per heavy atom. The van der Waals surface area contributed by atoms with Crippen LogP contribution in [-0.4, -0.2) is 49.5 Å². The number of nitrogens with one attached hydrogen (secondary N) is 2. The number of aliphatic hydroxyl groups excluding tert-OH is 1. The summed E-state index contributed by atoms with van der Waals surface area (Å²) in [5.41, 5.74) is 0. The summed E-state index contributed by atoms with van der Waals surface area (Å²) in [6.07, 6.45) is 3.01. The smallest absolute Gasteiger partial charge is 0.257 e. The van der Waals surface area contributed by atoms with Crippen LogP contribution in [0.25, 0.3) is 0 Å². The Morgan fingerprint density at radius 1 is 1.03 bits per heavy atom. The molecule has 190 valence electrons. The number of benzene rings is 2. The maximum atomic E-state index is 13.4. The highest BCUT2D eigenvalue weighted by atomic mass is 35.5. The van der Waals surface area contributed by atoms with Crippen LogP contribution in [0.4, 0.5) is 8.78 Å². The van der Waals surface area contributed by atoms with Gasteiger partial charge in [-0.15, -0.1) is 0 Å². The minimum Gasteiger partial charge on any atom is -0.491 e. The monoisotopic (exact) mass is 520 g/mol. The molecule has 0 bridgehead atoms. The Kier molecular flexibility index (Phi) is 10.2. The van der Waals surface area contributed by atoms with Gasteiger partial charge in [0.25, 0.3) is 5.91 Å². The van der Waals surface area contributed by atoms with E-state index < -0.39 is 17.7 Å². The average molecular weight is 521 g/mol. The van der Waals surface area contributed by atoms with Crippen molar-refractivity contribution < 1.29 is 31.0 Å². The third kappa shape index (κ3) is 8.58. The van der Waals surface area contributed by atoms with Gasteiger partial charge < -0.3 is 25.2 Å². The van der Waals surface area contributed by atoms with E-state index in [-0.39, 0.29) is 43.8 Å². The molecule has 1 aliphatic carbocycles. The summed E-state index contributed by atoms with van der Waals surface area (Å²) in [6, 6.07) is 8.45. The van der Waals surface area contributed by atoms with Crippen molar-refractivity contribution in [3.05, 3.63) is 58.1 Å². The summed E-state index contributed by atoms with van der Waals surface area (Å²) in [6.45, 7) is 0.767. The molecule has 0 saturated heterocycles. The number of carbonyl (C=O) groups excluding carboxylic acids is 1. The average Bonchev–Trinajstić information content (AvgIpc) is 2.83. The number of hydrogen-bond donors (Lipinski definition) is 3. The van der Waals surface area contributed by atoms with Crippen LogP contribution < -0.4 is 20.1 Å². The lowest BCUT2D eigenvalue weighted by atomic mass is 9.86. The number of aliphatic hydroxyl groups is 1. The highest BCUT2D eigenvalue weighted by molar-refractivity contribution is 6.31. The van der Waals surface area contributed by atoms with Crippen molar-refractivity contribution in [2.75, 3.05) is 26.3 Å². The first-order valence-corrected chi connectivity index (χ1v) is 11.9. The molecule has 3 N–H and O–H groups in total. The Labute approximate surface area is 210 Å². The van der Waals surface area contributed by atoms with E-state index in [2.05, 4.69) is 10.6 Å². The highest BCUT2D eigenvalue weighted by Crippen LogP contribution is 2.24. The van der Waals surface area contributed by atoms with Crippen molar-refractivity contribution in [2.24, 2.45) is 5.92 Å². The minimum absolute atomic E-state index is 0. The van der Waals surface area contributed by atoms with E-state index in [1.165, 1.54) is 24.3 Å². The van der Waals surface area contributed by atoms with Crippen LogP contribution in [0.3, 0.4) is 0 Å². The number of halogens is 4. The maximum absolute atomic E-state index is 13.4. The molecule has 3 rings (SSSR count). The molecule has 2 aromatic rings. The van der Waals surface area contributed by atoms with Gasteiger partial charge in [-0.25, -0.2) is 8.78 Å². The van der Waals surface area contributed by atoms with E-state index in [0.717, 1.165) is 31.7 Å². The quantitative estimate of drug-likeness (QED) is 0.394. The summed E-state index contributed by atoms with van der Waals surface area (Å²) in [7, 11) is 0. The lowest BCUT2D eigenvalue weighted by Crippen LogP contribution is -2.41. The van der Waals surface area contributed by atoms with Crippen molar-refractivity contribution in [3.63, 3.8) is 0 Å². The van der Waals surface area contributed by atoms with E-state index >= 15 is 0 Å². The second-order valence-corrected chi connectivity index (χ2v) is 9.15. The summed E-state index contributed by atoms with van der Waals surface area (Å²) in [5.74, 6) is -0.501. The van der Waals surface area contributed by atoms with Crippen molar-refractivity contribution in [1.82, 2.24) is 10.6 Å². The molecule has 1 fully saturated rings. The van der Waals surface area contributed by atoms with Gasteiger partial charge in [-0.3, -0.25) is 4.79 Å². The fourth-order valence-corrected chi connectivity index (χ4v) is 3.95. The van der Waals surface area contributed by atoms with Crippen LogP contribution >= 0.6 is 23.2 Å². The second-order valence-electron chi connectivity index (χ2n) is 8.34. The van der Waals surface area contributed by atoms with E-state index in [1.54, 1.807) is 6.07 Å². The summed E-state index contributed by atoms with van der Waals surface area (Å²) >= 11 is 11.3. The largest absolute Gasteiger partial charge is 0.491 e. The molecule has 0 spiro atoms. The molecule has 34 heavy (non-hydrogen) atoms. The van der Waals surface area contributed by atoms with Gasteiger partial charge in [-0.05, 0) is 55.9 Å². The van der Waals surface area contributed by atoms with E-state index in [0.29, 0.717) is 24.8 Å². The first kappa shape index (κ1) is 26.5. The number of ether oxygens (including phenoxy) is 2. The normalized spacial score (nSPS) is 18.9. The van der Waals surface area contributed by atoms with Crippen LogP contribution in [0.15, 0.2) is 36.4 Å². The highest BCUT2D eigenvalue weighted by Gasteiger charge is 2.22. The van der Waals surface area contributed by atoms with Gasteiger partial charge in [0.15, 0.2) is 6.61 Å². The van der Waals surface area contributed by atoms with Crippen molar-refractivity contribution >= 4 is 29.1 Å². The third-order valence-corrected chi connectivity index (χ3v) is 6.28. The van der Waals surface area contributed by atoms with Crippen LogP contribution in [-0.2, 0) is 4.79 Å². The summed E-state index contributed by atoms with van der Waals surface area (Å²) in [4.78, 5) is 12.0. The number of amides is 1. The predicted molar refractivity (Wildman–Crippen MR) is 131 cm³/mol. The molecule has 10 heteroatoms. The molecule has 1 unspecified atom stereocenters. The summed E-state index contributed by atoms with van der Waals surface area (Å²) < 4.78 is 37.5. The molecule has 1 aliphatic rings. The number of carbonyl (C=O) groups is 1. The topological polar surface area (TPSA) is 79.8 Å². The Morgan fingerprint density at radius 3 is 2.21 bits per heavy atom. The zero-order chi connectivity index (χ0) is 24.5. The molecule has 0 aliphatic heterocycles. The Bertz CT molecular complexity index is 970. The standard InChI is InChI=1S/C24H28Cl2F2N2O4.2H2/c25-20-7-5-18(9-22(20)27)33-13-17(31)12-29-16-3-1-15(2-4-16)11-30-24(32)14-34-19-6-8-21(26)23(28)10-19;;/h5-10,15-17,29,31H,1-4,11-14H2,(H,30,32);2*1H. The van der Waals surface area contributed by atoms with E-state index in [9.17, 15) is 18.7 Å². The fraction of sp³-hybridized carbons (Fsp3) is 0.458. The zero-order valence-electron chi connectivity index (χ0n) is 18.5. The second kappa shape index (κ2) is 13.1. The molecule has 0 aromatic heterocycles. The molecule has 0 heterocycles. The molecule has 2 aromatic carbocycles. The van der Waals surface area contributed by atoms with Gasteiger partial charge in [0, 0.05) is 34.1 Å². The van der Waals surface area contributed by atoms with Gasteiger partial charge in [0.05, 0.1) is 10.0 Å². The van der Waals surface area contributed by atoms with Crippen LogP contribution in [0.5, 0.6) is 11.5 Å². The van der Waals surface area contributed by atoms with E-state index in [4.69, 9.17) is 32.7 Å². The van der Waals surface area contributed by atoms with Gasteiger partial charge in [-0.1, -0.05) is 23.2 Å². The first-order chi connectivity index (χ1) is 16.3. The molecule has 1 saturated carbocycles. The van der Waals surface area contributed by atoms with Crippen molar-refractivity contribution in [3.8, 4) is 11.5 Å². The van der Waals surface area contributed by atoms with Crippen molar-refractivity contribution in [1.29, 1.82) is 0 Å². The molecule has 1 atom stereocenters. The van der Waals surface area contributed by atoms with Crippen LogP contribution in [0.2, 0.25) is 10.0 Å². The van der Waals surface area contributed by atoms with Crippen LogP contribution in [0.1, 0.15) is 28.5 Å². The zero-order valence-corrected chi connectivity index (χ0v) is 20.0. The van der Waals surface area contributed by atoms with Crippen LogP contribution in [0, 0.1) is 17.6 Å². The maximum Gasteiger partial charge on any atom is 0.257 e. The van der Waals surface area contributed by atoms with Gasteiger partial charge in [0.1, 0.15) is 35.8 Å². The lowest BCUT2D eigenvalue weighted by Gasteiger charge is -2.30. The van der Waals surface area contributed by atoms with E-state index in [1.807, 2.05) is 0 Å². The molecule has 6 nitrogen and oxygen atoms in total. The third-order valence-electron chi connectivity index (χ3n) is 5.67. The van der Waals surface area contributed by atoms with Gasteiger partial charge in [-0.2, -0.15) is 0 Å². The Balaban J connectivity index is 0.00000324. The molecule has 0 radical (unpaired) electrons. The van der Waals surface area contributed by atoms with Gasteiger partial charge >= 0.3 is 0 Å². The Hall–Kier alpha value is -2.13. The number of rotatable bonds is 11. The minimum atomic E-state index is -0.732. The molecular weight excluding hydrogens is 489 g/mol. The number of hydrogen-bond acceptors (Lipinski definition) is 5. The van der Waals surface area contributed by atoms with Crippen molar-refractivity contribution in [2.45, 2.75) is 37.8 Å². The fourth-order valence-electron chi connectivity index (χ4n) is 3.72. The lowest BCUT2D eigenvalue weighted by molar-refractivity contribution is -0.123. The predicted octanol–water partition coefficient (Wildman–Crippen LogP) is 4.85. The first-order valence-electron chi connectivity index (χ1n) is 11.1. The van der Waals surface area contributed by atoms with Gasteiger partial charge in [0.2, 0.25) is 0 Å². The summed E-state index contributed by atoms with van der Waals surface area (Å²) in [5, 5.41) is 16.3. The molecule has 1 amide bonds.